The van der Waals surface area contributed by atoms with E-state index in [4.69, 9.17) is 9.84 Å². The molecule has 0 fully saturated rings. The van der Waals surface area contributed by atoms with Crippen molar-refractivity contribution in [3.05, 3.63) is 0 Å². The first-order chi connectivity index (χ1) is 9.33. The minimum Gasteiger partial charge on any atom is -0.480 e. The van der Waals surface area contributed by atoms with Crippen LogP contribution in [-0.2, 0) is 19.1 Å². The van der Waals surface area contributed by atoms with E-state index < -0.39 is 29.9 Å². The molecule has 0 aliphatic carbocycles. The van der Waals surface area contributed by atoms with Crippen LogP contribution in [0.15, 0.2) is 0 Å². The average Bonchev–Trinajstić information content (AvgIpc) is 2.41. The molecule has 0 saturated heterocycles. The van der Waals surface area contributed by atoms with Gasteiger partial charge in [-0.15, -0.1) is 0 Å². The van der Waals surface area contributed by atoms with Gasteiger partial charge in [0.25, 0.3) is 0 Å². The summed E-state index contributed by atoms with van der Waals surface area (Å²) in [5.41, 5.74) is 0. The molecule has 0 aromatic rings. The van der Waals surface area contributed by atoms with Gasteiger partial charge < -0.3 is 24.8 Å². The van der Waals surface area contributed by atoms with Crippen molar-refractivity contribution in [2.75, 3.05) is 34.4 Å². The number of methoxy groups -OCH3 is 2. The Labute approximate surface area is 118 Å². The molecule has 0 aromatic heterocycles. The van der Waals surface area contributed by atoms with E-state index in [0.717, 1.165) is 0 Å². The lowest BCUT2D eigenvalue weighted by atomic mass is 10.2. The summed E-state index contributed by atoms with van der Waals surface area (Å²) in [7, 11) is 4.19. The van der Waals surface area contributed by atoms with Gasteiger partial charge in [0.1, 0.15) is 6.04 Å². The molecule has 0 aromatic carbocycles. The topological polar surface area (TPSA) is 105 Å². The Morgan fingerprint density at radius 2 is 1.90 bits per heavy atom. The molecule has 0 radical (unpaired) electrons. The molecule has 0 aliphatic heterocycles. The fraction of sp³-hybridized carbons (Fsp3) is 0.750. The summed E-state index contributed by atoms with van der Waals surface area (Å²) >= 11 is 0. The minimum absolute atomic E-state index is 0.134. The molecule has 2 unspecified atom stereocenters. The standard InChI is InChI=1S/C12H22N2O6/c1-8(11(17)20-4)7-14(2)12(18)13-9(10(15)16)5-6-19-3/h8-9H,5-7H2,1-4H3,(H,13,18)(H,15,16). The van der Waals surface area contributed by atoms with Gasteiger partial charge in [0, 0.05) is 33.7 Å². The number of nitrogens with one attached hydrogen (secondary N) is 1. The zero-order chi connectivity index (χ0) is 15.7. The first kappa shape index (κ1) is 18.2. The molecule has 0 rings (SSSR count). The third-order valence-electron chi connectivity index (χ3n) is 2.70. The Morgan fingerprint density at radius 1 is 1.30 bits per heavy atom. The van der Waals surface area contributed by atoms with E-state index in [-0.39, 0.29) is 19.6 Å². The van der Waals surface area contributed by atoms with Gasteiger partial charge in [0.05, 0.1) is 13.0 Å². The lowest BCUT2D eigenvalue weighted by Crippen LogP contribution is -2.48. The fourth-order valence-corrected chi connectivity index (χ4v) is 1.52. The van der Waals surface area contributed by atoms with Crippen molar-refractivity contribution in [3.63, 3.8) is 0 Å². The molecule has 8 heteroatoms. The van der Waals surface area contributed by atoms with Crippen LogP contribution in [0.1, 0.15) is 13.3 Å². The van der Waals surface area contributed by atoms with Gasteiger partial charge in [-0.05, 0) is 0 Å². The predicted molar refractivity (Wildman–Crippen MR) is 70.3 cm³/mol. The number of carbonyl (C=O) groups is 3. The number of carboxylic acid groups (broad SMARTS) is 1. The fourth-order valence-electron chi connectivity index (χ4n) is 1.52. The molecule has 0 heterocycles. The second kappa shape index (κ2) is 9.13. The maximum Gasteiger partial charge on any atom is 0.326 e. The summed E-state index contributed by atoms with van der Waals surface area (Å²) in [4.78, 5) is 35.3. The monoisotopic (exact) mass is 290 g/mol. The number of carboxylic acids is 1. The normalized spacial score (nSPS) is 13.2. The summed E-state index contributed by atoms with van der Waals surface area (Å²) < 4.78 is 9.34. The van der Waals surface area contributed by atoms with Gasteiger partial charge in [-0.3, -0.25) is 4.79 Å². The van der Waals surface area contributed by atoms with Crippen molar-refractivity contribution >= 4 is 18.0 Å². The van der Waals surface area contributed by atoms with E-state index in [2.05, 4.69) is 10.1 Å². The average molecular weight is 290 g/mol. The number of rotatable bonds is 8. The first-order valence-corrected chi connectivity index (χ1v) is 6.14. The molecular weight excluding hydrogens is 268 g/mol. The van der Waals surface area contributed by atoms with Crippen molar-refractivity contribution in [2.24, 2.45) is 5.92 Å². The Hall–Kier alpha value is -1.83. The van der Waals surface area contributed by atoms with Crippen molar-refractivity contribution in [1.82, 2.24) is 10.2 Å². The van der Waals surface area contributed by atoms with Crippen LogP contribution < -0.4 is 5.32 Å². The van der Waals surface area contributed by atoms with E-state index >= 15 is 0 Å². The van der Waals surface area contributed by atoms with Gasteiger partial charge >= 0.3 is 18.0 Å². The SMILES string of the molecule is COCCC(NC(=O)N(C)CC(C)C(=O)OC)C(=O)O. The van der Waals surface area contributed by atoms with Crippen molar-refractivity contribution in [3.8, 4) is 0 Å². The molecule has 0 bridgehead atoms. The van der Waals surface area contributed by atoms with Crippen LogP contribution in [0.4, 0.5) is 4.79 Å². The molecule has 0 saturated carbocycles. The zero-order valence-electron chi connectivity index (χ0n) is 12.2. The second-order valence-electron chi connectivity index (χ2n) is 4.43. The lowest BCUT2D eigenvalue weighted by molar-refractivity contribution is -0.145. The maximum absolute atomic E-state index is 11.8. The van der Waals surface area contributed by atoms with E-state index in [0.29, 0.717) is 0 Å². The molecule has 2 atom stereocenters. The van der Waals surface area contributed by atoms with Crippen LogP contribution in [-0.4, -0.2) is 68.4 Å². The van der Waals surface area contributed by atoms with Crippen LogP contribution in [0.25, 0.3) is 0 Å². The minimum atomic E-state index is -1.13. The maximum atomic E-state index is 11.8. The number of carbonyl (C=O) groups excluding carboxylic acids is 2. The molecule has 116 valence electrons. The Bertz CT molecular complexity index is 347. The van der Waals surface area contributed by atoms with Crippen LogP contribution in [0.3, 0.4) is 0 Å². The molecule has 2 amide bonds. The summed E-state index contributed by atoms with van der Waals surface area (Å²) in [6.07, 6.45) is 0.165. The molecule has 2 N–H and O–H groups in total. The number of aliphatic carboxylic acids is 1. The summed E-state index contributed by atoms with van der Waals surface area (Å²) in [5.74, 6) is -2.05. The largest absolute Gasteiger partial charge is 0.480 e. The summed E-state index contributed by atoms with van der Waals surface area (Å²) in [6, 6.07) is -1.59. The highest BCUT2D eigenvalue weighted by atomic mass is 16.5. The third-order valence-corrected chi connectivity index (χ3v) is 2.70. The van der Waals surface area contributed by atoms with Gasteiger partial charge in [-0.25, -0.2) is 9.59 Å². The smallest absolute Gasteiger partial charge is 0.326 e. The quantitative estimate of drug-likeness (QED) is 0.606. The highest BCUT2D eigenvalue weighted by Crippen LogP contribution is 2.02. The number of esters is 1. The first-order valence-electron chi connectivity index (χ1n) is 6.14. The highest BCUT2D eigenvalue weighted by molar-refractivity contribution is 5.82. The van der Waals surface area contributed by atoms with Gasteiger partial charge in [-0.1, -0.05) is 6.92 Å². The molecule has 8 nitrogen and oxygen atoms in total. The van der Waals surface area contributed by atoms with E-state index in [1.54, 1.807) is 6.92 Å². The van der Waals surface area contributed by atoms with Crippen LogP contribution in [0, 0.1) is 5.92 Å². The zero-order valence-corrected chi connectivity index (χ0v) is 12.2. The van der Waals surface area contributed by atoms with Crippen molar-refractivity contribution < 1.29 is 29.0 Å². The molecule has 0 aliphatic rings. The number of ether oxygens (including phenoxy) is 2. The summed E-state index contributed by atoms with van der Waals surface area (Å²) in [5, 5.41) is 11.3. The Kier molecular flexibility index (Phi) is 8.30. The van der Waals surface area contributed by atoms with Gasteiger partial charge in [0.15, 0.2) is 0 Å². The summed E-state index contributed by atoms with van der Waals surface area (Å²) in [6.45, 7) is 1.98. The van der Waals surface area contributed by atoms with Crippen LogP contribution >= 0.6 is 0 Å². The number of urea groups is 1. The predicted octanol–water partition coefficient (Wildman–Crippen LogP) is -0.0734. The number of nitrogens with zero attached hydrogens (tertiary/aromatic N) is 1. The highest BCUT2D eigenvalue weighted by Gasteiger charge is 2.23. The third kappa shape index (κ3) is 6.37. The molecular formula is C12H22N2O6. The Balaban J connectivity index is 4.41. The molecule has 0 spiro atoms. The van der Waals surface area contributed by atoms with E-state index in [1.165, 1.54) is 26.2 Å². The van der Waals surface area contributed by atoms with Crippen LogP contribution in [0.2, 0.25) is 0 Å². The van der Waals surface area contributed by atoms with E-state index in [1.807, 2.05) is 0 Å². The van der Waals surface area contributed by atoms with Crippen molar-refractivity contribution in [1.29, 1.82) is 0 Å². The number of hydrogen-bond acceptors (Lipinski definition) is 5. The van der Waals surface area contributed by atoms with Crippen LogP contribution in [0.5, 0.6) is 0 Å². The Morgan fingerprint density at radius 3 is 2.35 bits per heavy atom. The van der Waals surface area contributed by atoms with E-state index in [9.17, 15) is 14.4 Å². The second-order valence-corrected chi connectivity index (χ2v) is 4.43. The van der Waals surface area contributed by atoms with Gasteiger partial charge in [-0.2, -0.15) is 0 Å². The molecule has 20 heavy (non-hydrogen) atoms. The van der Waals surface area contributed by atoms with Gasteiger partial charge in [0.2, 0.25) is 0 Å². The van der Waals surface area contributed by atoms with Crippen molar-refractivity contribution in [2.45, 2.75) is 19.4 Å². The number of hydrogen-bond donors (Lipinski definition) is 2. The lowest BCUT2D eigenvalue weighted by Gasteiger charge is -2.23. The number of amides is 2.